The molecule has 0 saturated carbocycles. The summed E-state index contributed by atoms with van der Waals surface area (Å²) in [6, 6.07) is 8.04. The zero-order valence-corrected chi connectivity index (χ0v) is 12.0. The number of benzene rings is 2. The molecule has 0 radical (unpaired) electrons. The molecule has 2 N–H and O–H groups in total. The van der Waals surface area contributed by atoms with Crippen LogP contribution in [0.15, 0.2) is 45.4 Å². The van der Waals surface area contributed by atoms with Gasteiger partial charge in [0, 0.05) is 10.0 Å². The maximum atomic E-state index is 13.3. The minimum absolute atomic E-state index is 0.0227. The smallest absolute Gasteiger partial charge is 0.262 e. The SMILES string of the molecule is Oc1ccc(O)c(-c2nc(-c3cc(F)ccc3Br)no2)c1. The monoisotopic (exact) mass is 350 g/mol. The molecule has 0 aliphatic heterocycles. The average Bonchev–Trinajstić information content (AvgIpc) is 2.93. The number of nitrogens with zero attached hydrogens (tertiary/aromatic N) is 2. The van der Waals surface area contributed by atoms with E-state index in [1.54, 1.807) is 0 Å². The van der Waals surface area contributed by atoms with E-state index in [-0.39, 0.29) is 28.8 Å². The van der Waals surface area contributed by atoms with Crippen molar-refractivity contribution in [2.24, 2.45) is 0 Å². The molecule has 0 fully saturated rings. The van der Waals surface area contributed by atoms with Crippen molar-refractivity contribution >= 4 is 15.9 Å². The lowest BCUT2D eigenvalue weighted by atomic mass is 10.2. The number of halogens is 2. The van der Waals surface area contributed by atoms with E-state index in [2.05, 4.69) is 26.1 Å². The molecular weight excluding hydrogens is 343 g/mol. The van der Waals surface area contributed by atoms with Crippen molar-refractivity contribution in [2.75, 3.05) is 0 Å². The van der Waals surface area contributed by atoms with Gasteiger partial charge in [-0.3, -0.25) is 0 Å². The normalized spacial score (nSPS) is 10.8. The molecule has 1 aromatic heterocycles. The van der Waals surface area contributed by atoms with E-state index in [9.17, 15) is 14.6 Å². The Hall–Kier alpha value is -2.41. The van der Waals surface area contributed by atoms with E-state index in [1.165, 1.54) is 36.4 Å². The molecule has 0 unspecified atom stereocenters. The van der Waals surface area contributed by atoms with Crippen LogP contribution in [-0.4, -0.2) is 20.4 Å². The van der Waals surface area contributed by atoms with Gasteiger partial charge in [0.1, 0.15) is 17.3 Å². The van der Waals surface area contributed by atoms with Crippen LogP contribution in [0.3, 0.4) is 0 Å². The number of hydrogen-bond acceptors (Lipinski definition) is 5. The zero-order valence-electron chi connectivity index (χ0n) is 10.4. The number of hydrogen-bond donors (Lipinski definition) is 2. The highest BCUT2D eigenvalue weighted by Gasteiger charge is 2.16. The van der Waals surface area contributed by atoms with Crippen molar-refractivity contribution in [1.82, 2.24) is 10.1 Å². The Balaban J connectivity index is 2.08. The van der Waals surface area contributed by atoms with E-state index in [0.717, 1.165) is 0 Å². The van der Waals surface area contributed by atoms with Crippen LogP contribution in [0.1, 0.15) is 0 Å². The molecule has 2 aromatic carbocycles. The molecule has 3 rings (SSSR count). The second kappa shape index (κ2) is 5.17. The van der Waals surface area contributed by atoms with E-state index >= 15 is 0 Å². The molecule has 0 aliphatic carbocycles. The van der Waals surface area contributed by atoms with E-state index in [4.69, 9.17) is 4.52 Å². The minimum atomic E-state index is -0.431. The molecule has 3 aromatic rings. The maximum Gasteiger partial charge on any atom is 0.262 e. The molecule has 0 saturated heterocycles. The van der Waals surface area contributed by atoms with E-state index in [0.29, 0.717) is 10.0 Å². The van der Waals surface area contributed by atoms with Crippen LogP contribution in [0.2, 0.25) is 0 Å². The third kappa shape index (κ3) is 2.59. The van der Waals surface area contributed by atoms with Gasteiger partial charge in [0.15, 0.2) is 0 Å². The Morgan fingerprint density at radius 2 is 1.86 bits per heavy atom. The fourth-order valence-corrected chi connectivity index (χ4v) is 2.23. The van der Waals surface area contributed by atoms with Crippen LogP contribution in [0, 0.1) is 5.82 Å². The summed E-state index contributed by atoms with van der Waals surface area (Å²) >= 11 is 3.28. The number of aromatic nitrogens is 2. The van der Waals surface area contributed by atoms with Crippen molar-refractivity contribution in [3.63, 3.8) is 0 Å². The van der Waals surface area contributed by atoms with Gasteiger partial charge in [-0.15, -0.1) is 0 Å². The quantitative estimate of drug-likeness (QED) is 0.688. The Morgan fingerprint density at radius 1 is 1.05 bits per heavy atom. The summed E-state index contributed by atoms with van der Waals surface area (Å²) in [6.45, 7) is 0. The average molecular weight is 351 g/mol. The number of aromatic hydroxyl groups is 2. The number of phenolic OH excluding ortho intramolecular Hbond substituents is 2. The number of phenols is 2. The van der Waals surface area contributed by atoms with Gasteiger partial charge in [-0.25, -0.2) is 4.39 Å². The standard InChI is InChI=1S/C14H8BrFN2O3/c15-11-3-1-7(16)5-9(11)13-17-14(21-18-13)10-6-8(19)2-4-12(10)20/h1-6,19-20H. The Labute approximate surface area is 126 Å². The molecule has 1 heterocycles. The van der Waals surface area contributed by atoms with E-state index < -0.39 is 5.82 Å². The molecule has 0 spiro atoms. The molecule has 106 valence electrons. The van der Waals surface area contributed by atoms with Gasteiger partial charge in [-0.1, -0.05) is 21.1 Å². The molecule has 7 heteroatoms. The maximum absolute atomic E-state index is 13.3. The lowest BCUT2D eigenvalue weighted by Crippen LogP contribution is -1.85. The summed E-state index contributed by atoms with van der Waals surface area (Å²) in [4.78, 5) is 4.11. The van der Waals surface area contributed by atoms with Crippen LogP contribution in [0.5, 0.6) is 11.5 Å². The Morgan fingerprint density at radius 3 is 2.67 bits per heavy atom. The first-order valence-corrected chi connectivity index (χ1v) is 6.65. The predicted octanol–water partition coefficient (Wildman–Crippen LogP) is 3.72. The van der Waals surface area contributed by atoms with Gasteiger partial charge >= 0.3 is 0 Å². The van der Waals surface area contributed by atoms with Crippen LogP contribution < -0.4 is 0 Å². The molecule has 5 nitrogen and oxygen atoms in total. The summed E-state index contributed by atoms with van der Waals surface area (Å²) in [7, 11) is 0. The second-order valence-corrected chi connectivity index (χ2v) is 5.10. The molecular formula is C14H8BrFN2O3. The summed E-state index contributed by atoms with van der Waals surface area (Å²) in [5, 5.41) is 23.0. The highest BCUT2D eigenvalue weighted by molar-refractivity contribution is 9.10. The second-order valence-electron chi connectivity index (χ2n) is 4.25. The van der Waals surface area contributed by atoms with Gasteiger partial charge in [0.25, 0.3) is 5.89 Å². The van der Waals surface area contributed by atoms with Crippen LogP contribution in [0.25, 0.3) is 22.8 Å². The third-order valence-corrected chi connectivity index (χ3v) is 3.50. The van der Waals surface area contributed by atoms with Crippen molar-refractivity contribution in [1.29, 1.82) is 0 Å². The molecule has 0 atom stereocenters. The van der Waals surface area contributed by atoms with Crippen molar-refractivity contribution in [2.45, 2.75) is 0 Å². The van der Waals surface area contributed by atoms with Crippen molar-refractivity contribution in [3.05, 3.63) is 46.7 Å². The predicted molar refractivity (Wildman–Crippen MR) is 76.2 cm³/mol. The summed E-state index contributed by atoms with van der Waals surface area (Å²) in [5.74, 6) is -0.399. The van der Waals surface area contributed by atoms with Crippen LogP contribution in [0.4, 0.5) is 4.39 Å². The third-order valence-electron chi connectivity index (χ3n) is 2.81. The summed E-state index contributed by atoms with van der Waals surface area (Å²) in [5.41, 5.74) is 0.617. The fourth-order valence-electron chi connectivity index (χ4n) is 1.81. The van der Waals surface area contributed by atoms with Crippen LogP contribution in [-0.2, 0) is 0 Å². The van der Waals surface area contributed by atoms with Gasteiger partial charge in [-0.2, -0.15) is 4.98 Å². The largest absolute Gasteiger partial charge is 0.508 e. The Kier molecular flexibility index (Phi) is 3.34. The Bertz CT molecular complexity index is 754. The van der Waals surface area contributed by atoms with E-state index in [1.807, 2.05) is 0 Å². The van der Waals surface area contributed by atoms with Gasteiger partial charge < -0.3 is 14.7 Å². The topological polar surface area (TPSA) is 79.4 Å². The fraction of sp³-hybridized carbons (Fsp3) is 0. The zero-order chi connectivity index (χ0) is 15.0. The first kappa shape index (κ1) is 13.6. The van der Waals surface area contributed by atoms with Crippen molar-refractivity contribution < 1.29 is 19.1 Å². The van der Waals surface area contributed by atoms with Gasteiger partial charge in [0.2, 0.25) is 5.82 Å². The van der Waals surface area contributed by atoms with Gasteiger partial charge in [0.05, 0.1) is 5.56 Å². The van der Waals surface area contributed by atoms with Crippen molar-refractivity contribution in [3.8, 4) is 34.3 Å². The molecule has 0 aliphatic rings. The lowest BCUT2D eigenvalue weighted by Gasteiger charge is -2.00. The first-order chi connectivity index (χ1) is 10.0. The molecule has 21 heavy (non-hydrogen) atoms. The summed E-state index contributed by atoms with van der Waals surface area (Å²) < 4.78 is 19.0. The number of rotatable bonds is 2. The van der Waals surface area contributed by atoms with Crippen LogP contribution >= 0.6 is 15.9 Å². The lowest BCUT2D eigenvalue weighted by molar-refractivity contribution is 0.423. The molecule has 0 amide bonds. The first-order valence-electron chi connectivity index (χ1n) is 5.86. The molecule has 0 bridgehead atoms. The minimum Gasteiger partial charge on any atom is -0.508 e. The summed E-state index contributed by atoms with van der Waals surface area (Å²) in [6.07, 6.45) is 0. The highest BCUT2D eigenvalue weighted by atomic mass is 79.9. The highest BCUT2D eigenvalue weighted by Crippen LogP contribution is 2.33. The van der Waals surface area contributed by atoms with Gasteiger partial charge in [-0.05, 0) is 36.4 Å².